The van der Waals surface area contributed by atoms with Gasteiger partial charge in [-0.1, -0.05) is 0 Å². The highest BCUT2D eigenvalue weighted by atomic mass is 32.2. The average Bonchev–Trinajstić information content (AvgIpc) is 3.16. The number of carbonyl (C=O) groups is 1. The number of likely N-dealkylation sites (N-methyl/N-ethyl adjacent to an activating group) is 1. The monoisotopic (exact) mass is 418 g/mol. The van der Waals surface area contributed by atoms with E-state index in [2.05, 4.69) is 44.2 Å². The van der Waals surface area contributed by atoms with E-state index in [9.17, 15) is 4.79 Å². The maximum atomic E-state index is 11.7. The fourth-order valence-electron chi connectivity index (χ4n) is 3.65. The van der Waals surface area contributed by atoms with Crippen molar-refractivity contribution in [1.29, 1.82) is 0 Å². The average molecular weight is 419 g/mol. The zero-order valence-corrected chi connectivity index (χ0v) is 17.8. The van der Waals surface area contributed by atoms with Gasteiger partial charge < -0.3 is 9.80 Å². The number of anilines is 1. The summed E-state index contributed by atoms with van der Waals surface area (Å²) in [5.74, 6) is 0.0229. The Morgan fingerprint density at radius 2 is 1.87 bits per heavy atom. The number of aromatic nitrogens is 4. The molecular weight excluding hydrogens is 396 g/mol. The lowest BCUT2D eigenvalue weighted by atomic mass is 10.2. The first kappa shape index (κ1) is 19.0. The van der Waals surface area contributed by atoms with Gasteiger partial charge in [0, 0.05) is 48.2 Å². The van der Waals surface area contributed by atoms with E-state index >= 15 is 0 Å². The molecule has 0 atom stereocenters. The Morgan fingerprint density at radius 3 is 2.67 bits per heavy atom. The molecule has 30 heavy (non-hydrogen) atoms. The second kappa shape index (κ2) is 7.70. The van der Waals surface area contributed by atoms with Gasteiger partial charge in [0.1, 0.15) is 0 Å². The number of piperazine rings is 1. The number of hydrogen-bond acceptors (Lipinski definition) is 7. The Bertz CT molecular complexity index is 1250. The van der Waals surface area contributed by atoms with Crippen molar-refractivity contribution >= 4 is 39.8 Å². The van der Waals surface area contributed by atoms with E-state index in [4.69, 9.17) is 0 Å². The Kier molecular flexibility index (Phi) is 4.88. The van der Waals surface area contributed by atoms with Crippen molar-refractivity contribution in [2.75, 3.05) is 38.1 Å². The fourth-order valence-corrected chi connectivity index (χ4v) is 4.51. The van der Waals surface area contributed by atoms with Crippen LogP contribution in [0.25, 0.3) is 16.6 Å². The van der Waals surface area contributed by atoms with Gasteiger partial charge in [0.2, 0.25) is 0 Å². The first-order valence-corrected chi connectivity index (χ1v) is 10.8. The summed E-state index contributed by atoms with van der Waals surface area (Å²) < 4.78 is 1.87. The van der Waals surface area contributed by atoms with Crippen LogP contribution in [0.5, 0.6) is 0 Å². The molecule has 1 aliphatic heterocycles. The summed E-state index contributed by atoms with van der Waals surface area (Å²) in [6, 6.07) is 12.0. The van der Waals surface area contributed by atoms with Crippen LogP contribution in [0.15, 0.2) is 58.8 Å². The highest BCUT2D eigenvalue weighted by Gasteiger charge is 2.15. The van der Waals surface area contributed by atoms with Crippen LogP contribution in [-0.4, -0.2) is 63.5 Å². The summed E-state index contributed by atoms with van der Waals surface area (Å²) in [4.78, 5) is 22.2. The maximum Gasteiger partial charge on any atom is 0.200 e. The molecule has 0 saturated carbocycles. The smallest absolute Gasteiger partial charge is 0.200 e. The molecule has 1 saturated heterocycles. The molecule has 1 aliphatic rings. The van der Waals surface area contributed by atoms with Crippen LogP contribution in [0.4, 0.5) is 5.69 Å². The van der Waals surface area contributed by atoms with Gasteiger partial charge in [-0.15, -0.1) is 10.2 Å². The summed E-state index contributed by atoms with van der Waals surface area (Å²) in [6.07, 6.45) is 3.77. The molecular formula is C22H22N6OS. The van der Waals surface area contributed by atoms with Crippen molar-refractivity contribution in [3.05, 3.63) is 54.4 Å². The number of fused-ring (bicyclic) bond motifs is 2. The predicted octanol–water partition coefficient (Wildman–Crippen LogP) is 3.38. The first-order valence-electron chi connectivity index (χ1n) is 9.94. The van der Waals surface area contributed by atoms with Gasteiger partial charge in [0.05, 0.1) is 17.4 Å². The van der Waals surface area contributed by atoms with Crippen molar-refractivity contribution in [1.82, 2.24) is 24.5 Å². The summed E-state index contributed by atoms with van der Waals surface area (Å²) in [5, 5.41) is 10.4. The number of nitrogens with zero attached hydrogens (tertiary/aromatic N) is 6. The quantitative estimate of drug-likeness (QED) is 0.471. The van der Waals surface area contributed by atoms with E-state index in [-0.39, 0.29) is 5.78 Å². The molecule has 0 amide bonds. The maximum absolute atomic E-state index is 11.7. The number of benzene rings is 1. The van der Waals surface area contributed by atoms with Gasteiger partial charge in [-0.2, -0.15) is 0 Å². The van der Waals surface area contributed by atoms with Crippen molar-refractivity contribution in [2.45, 2.75) is 17.0 Å². The minimum Gasteiger partial charge on any atom is -0.368 e. The molecule has 1 aromatic carbocycles. The van der Waals surface area contributed by atoms with Gasteiger partial charge >= 0.3 is 0 Å². The van der Waals surface area contributed by atoms with Gasteiger partial charge in [0.15, 0.2) is 16.6 Å². The van der Waals surface area contributed by atoms with Crippen LogP contribution >= 0.6 is 11.8 Å². The minimum absolute atomic E-state index is 0.0229. The van der Waals surface area contributed by atoms with Gasteiger partial charge in [-0.25, -0.2) is 0 Å². The molecule has 8 heteroatoms. The molecule has 0 unspecified atom stereocenters. The summed E-state index contributed by atoms with van der Waals surface area (Å²) in [6.45, 7) is 5.73. The molecule has 0 aliphatic carbocycles. The summed E-state index contributed by atoms with van der Waals surface area (Å²) in [7, 11) is 2.16. The molecule has 1 fully saturated rings. The predicted molar refractivity (Wildman–Crippen MR) is 119 cm³/mol. The van der Waals surface area contributed by atoms with Crippen LogP contribution in [0.3, 0.4) is 0 Å². The number of Topliss-reactive ketones (excluding diaryl/α,β-unsaturated/α-hetero) is 1. The van der Waals surface area contributed by atoms with Crippen molar-refractivity contribution in [3.8, 4) is 0 Å². The molecule has 152 valence electrons. The number of hydrogen-bond donors (Lipinski definition) is 0. The van der Waals surface area contributed by atoms with E-state index in [1.807, 2.05) is 28.8 Å². The SMILES string of the molecule is CC(=O)c1ccc2nnc(Sc3ccc4ncc(N5CCN(C)CC5)cc4c3)n2c1. The Hall–Kier alpha value is -2.97. The van der Waals surface area contributed by atoms with E-state index in [1.54, 1.807) is 19.2 Å². The molecule has 0 bridgehead atoms. The van der Waals surface area contributed by atoms with E-state index in [0.717, 1.165) is 58.5 Å². The lowest BCUT2D eigenvalue weighted by molar-refractivity contribution is 0.101. The van der Waals surface area contributed by atoms with Crippen molar-refractivity contribution in [2.24, 2.45) is 0 Å². The molecule has 4 aromatic rings. The topological polar surface area (TPSA) is 66.6 Å². The van der Waals surface area contributed by atoms with Gasteiger partial charge in [-0.05, 0) is 62.1 Å². The van der Waals surface area contributed by atoms with Crippen molar-refractivity contribution in [3.63, 3.8) is 0 Å². The Labute approximate surface area is 178 Å². The van der Waals surface area contributed by atoms with E-state index in [0.29, 0.717) is 5.56 Å². The third-order valence-electron chi connectivity index (χ3n) is 5.49. The third kappa shape index (κ3) is 3.64. The lowest BCUT2D eigenvalue weighted by Gasteiger charge is -2.33. The van der Waals surface area contributed by atoms with Crippen molar-refractivity contribution < 1.29 is 4.79 Å². The van der Waals surface area contributed by atoms with Crippen LogP contribution < -0.4 is 4.90 Å². The molecule has 0 N–H and O–H groups in total. The number of carbonyl (C=O) groups excluding carboxylic acids is 1. The van der Waals surface area contributed by atoms with E-state index in [1.165, 1.54) is 11.8 Å². The third-order valence-corrected chi connectivity index (χ3v) is 6.44. The standard InChI is InChI=1S/C22H22N6OS/c1-15(29)16-3-6-21-24-25-22(28(21)14-16)30-19-4-5-20-17(12-19)11-18(13-23-20)27-9-7-26(2)8-10-27/h3-6,11-14H,7-10H2,1-2H3. The van der Waals surface area contributed by atoms with Crippen LogP contribution in [0.2, 0.25) is 0 Å². The van der Waals surface area contributed by atoms with Gasteiger partial charge in [-0.3, -0.25) is 14.2 Å². The second-order valence-electron chi connectivity index (χ2n) is 7.63. The Morgan fingerprint density at radius 1 is 1.03 bits per heavy atom. The molecule has 0 spiro atoms. The molecule has 3 aromatic heterocycles. The summed E-state index contributed by atoms with van der Waals surface area (Å²) >= 11 is 1.53. The molecule has 0 radical (unpaired) electrons. The Balaban J connectivity index is 1.45. The first-order chi connectivity index (χ1) is 14.6. The molecule has 4 heterocycles. The minimum atomic E-state index is 0.0229. The van der Waals surface area contributed by atoms with Crippen LogP contribution in [0.1, 0.15) is 17.3 Å². The second-order valence-corrected chi connectivity index (χ2v) is 8.67. The zero-order valence-electron chi connectivity index (χ0n) is 16.9. The summed E-state index contributed by atoms with van der Waals surface area (Å²) in [5.41, 5.74) is 3.50. The largest absolute Gasteiger partial charge is 0.368 e. The number of pyridine rings is 2. The number of ketones is 1. The molecule has 5 rings (SSSR count). The lowest BCUT2D eigenvalue weighted by Crippen LogP contribution is -2.44. The highest BCUT2D eigenvalue weighted by molar-refractivity contribution is 7.99. The fraction of sp³-hybridized carbons (Fsp3) is 0.273. The van der Waals surface area contributed by atoms with Crippen LogP contribution in [0, 0.1) is 0 Å². The highest BCUT2D eigenvalue weighted by Crippen LogP contribution is 2.30. The molecule has 7 nitrogen and oxygen atoms in total. The normalized spacial score (nSPS) is 15.2. The van der Waals surface area contributed by atoms with Crippen LogP contribution in [-0.2, 0) is 0 Å². The number of rotatable bonds is 4. The van der Waals surface area contributed by atoms with Gasteiger partial charge in [0.25, 0.3) is 0 Å². The van der Waals surface area contributed by atoms with E-state index < -0.39 is 0 Å². The zero-order chi connectivity index (χ0) is 20.7.